The van der Waals surface area contributed by atoms with E-state index in [9.17, 15) is 9.18 Å². The molecule has 0 aliphatic carbocycles. The Labute approximate surface area is 204 Å². The van der Waals surface area contributed by atoms with Crippen LogP contribution in [0.15, 0.2) is 24.3 Å². The molecule has 0 N–H and O–H groups in total. The molecule has 0 bridgehead atoms. The van der Waals surface area contributed by atoms with Gasteiger partial charge in [-0.1, -0.05) is 40.7 Å². The smallest absolute Gasteiger partial charge is 0.223 e. The summed E-state index contributed by atoms with van der Waals surface area (Å²) in [7, 11) is 2.13. The molecule has 1 aliphatic rings. The van der Waals surface area contributed by atoms with E-state index in [1.807, 2.05) is 22.6 Å². The van der Waals surface area contributed by atoms with Gasteiger partial charge in [0, 0.05) is 44.7 Å². The molecule has 1 amide bonds. The zero-order valence-corrected chi connectivity index (χ0v) is 22.1. The number of likely N-dealkylation sites (N-methyl/N-ethyl adjacent to an activating group) is 1. The van der Waals surface area contributed by atoms with Crippen molar-refractivity contribution in [2.45, 2.75) is 60.9 Å². The molecule has 1 aliphatic heterocycles. The van der Waals surface area contributed by atoms with Crippen LogP contribution in [0.4, 0.5) is 10.2 Å². The first-order valence-corrected chi connectivity index (χ1v) is 12.5. The summed E-state index contributed by atoms with van der Waals surface area (Å²) in [6.07, 6.45) is 1.46. The van der Waals surface area contributed by atoms with Gasteiger partial charge >= 0.3 is 0 Å². The van der Waals surface area contributed by atoms with E-state index >= 15 is 0 Å². The fourth-order valence-corrected chi connectivity index (χ4v) is 4.33. The molecule has 1 aromatic heterocycles. The maximum absolute atomic E-state index is 14.1. The van der Waals surface area contributed by atoms with Crippen LogP contribution in [0, 0.1) is 24.1 Å². The Bertz CT molecular complexity index is 970. The minimum Gasteiger partial charge on any atom is -0.354 e. The summed E-state index contributed by atoms with van der Waals surface area (Å²) in [6, 6.07) is 6.59. The molecule has 0 atom stereocenters. The largest absolute Gasteiger partial charge is 0.354 e. The van der Waals surface area contributed by atoms with Gasteiger partial charge in [-0.3, -0.25) is 4.79 Å². The molecular weight excluding hydrogens is 429 g/mol. The van der Waals surface area contributed by atoms with Crippen molar-refractivity contribution >= 4 is 11.7 Å². The fourth-order valence-electron chi connectivity index (χ4n) is 4.33. The van der Waals surface area contributed by atoms with Crippen LogP contribution in [0.3, 0.4) is 0 Å². The molecule has 7 heteroatoms. The van der Waals surface area contributed by atoms with Gasteiger partial charge in [-0.25, -0.2) is 9.07 Å². The molecule has 188 valence electrons. The van der Waals surface area contributed by atoms with Crippen molar-refractivity contribution in [1.82, 2.24) is 19.6 Å². The van der Waals surface area contributed by atoms with Crippen LogP contribution in [-0.4, -0.2) is 65.3 Å². The predicted molar refractivity (Wildman–Crippen MR) is 137 cm³/mol. The van der Waals surface area contributed by atoms with E-state index in [1.54, 1.807) is 6.07 Å². The van der Waals surface area contributed by atoms with Gasteiger partial charge in [0.05, 0.1) is 17.9 Å². The Balaban J connectivity index is 2.02. The Morgan fingerprint density at radius 1 is 1.18 bits per heavy atom. The maximum Gasteiger partial charge on any atom is 0.223 e. The number of aryl methyl sites for hydroxylation is 1. The van der Waals surface area contributed by atoms with Crippen molar-refractivity contribution in [1.29, 1.82) is 0 Å². The van der Waals surface area contributed by atoms with Crippen molar-refractivity contribution in [3.05, 3.63) is 41.3 Å². The molecule has 0 radical (unpaired) electrons. The molecular formula is C27H42FN5O. The molecule has 34 heavy (non-hydrogen) atoms. The second-order valence-electron chi connectivity index (χ2n) is 11.3. The predicted octanol–water partition coefficient (Wildman–Crippen LogP) is 4.88. The maximum atomic E-state index is 14.1. The topological polar surface area (TPSA) is 44.6 Å². The fraction of sp³-hybridized carbons (Fsp3) is 0.630. The van der Waals surface area contributed by atoms with Crippen LogP contribution in [-0.2, 0) is 11.3 Å². The molecule has 6 nitrogen and oxygen atoms in total. The highest BCUT2D eigenvalue weighted by molar-refractivity contribution is 5.77. The molecule has 2 heterocycles. The summed E-state index contributed by atoms with van der Waals surface area (Å²) in [5, 5.41) is 4.86. The molecule has 0 unspecified atom stereocenters. The monoisotopic (exact) mass is 471 g/mol. The second-order valence-corrected chi connectivity index (χ2v) is 11.3. The van der Waals surface area contributed by atoms with Crippen LogP contribution in [0.2, 0.25) is 0 Å². The first-order chi connectivity index (χ1) is 15.9. The van der Waals surface area contributed by atoms with Crippen LogP contribution in [0.5, 0.6) is 0 Å². The van der Waals surface area contributed by atoms with E-state index in [0.29, 0.717) is 24.6 Å². The van der Waals surface area contributed by atoms with E-state index in [2.05, 4.69) is 51.5 Å². The molecule has 0 spiro atoms. The van der Waals surface area contributed by atoms with E-state index < -0.39 is 0 Å². The molecule has 3 rings (SSSR count). The van der Waals surface area contributed by atoms with Crippen molar-refractivity contribution in [3.8, 4) is 5.69 Å². The van der Waals surface area contributed by atoms with Crippen molar-refractivity contribution in [3.63, 3.8) is 0 Å². The third-order valence-electron chi connectivity index (χ3n) is 6.37. The lowest BCUT2D eigenvalue weighted by atomic mass is 9.91. The molecule has 1 fully saturated rings. The zero-order valence-electron chi connectivity index (χ0n) is 22.1. The average molecular weight is 472 g/mol. The third kappa shape index (κ3) is 6.81. The molecule has 1 aromatic carbocycles. The SMILES string of the molecule is Cc1nn(-c2cccc(F)c2)c(N2CCN(C)CC2)c1CN(CCC(C)C)C(=O)CC(C)(C)C. The Hall–Kier alpha value is -2.41. The Kier molecular flexibility index (Phi) is 8.39. The first kappa shape index (κ1) is 26.2. The second kappa shape index (κ2) is 10.9. The summed E-state index contributed by atoms with van der Waals surface area (Å²) < 4.78 is 16.0. The number of carbonyl (C=O) groups is 1. The number of anilines is 1. The van der Waals surface area contributed by atoms with E-state index in [0.717, 1.165) is 56.2 Å². The number of hydrogen-bond acceptors (Lipinski definition) is 4. The Morgan fingerprint density at radius 3 is 2.44 bits per heavy atom. The van der Waals surface area contributed by atoms with Gasteiger partial charge in [0.25, 0.3) is 0 Å². The van der Waals surface area contributed by atoms with Crippen molar-refractivity contribution < 1.29 is 9.18 Å². The molecule has 0 saturated carbocycles. The quantitative estimate of drug-likeness (QED) is 0.550. The minimum atomic E-state index is -0.282. The number of halogens is 1. The first-order valence-electron chi connectivity index (χ1n) is 12.5. The highest BCUT2D eigenvalue weighted by Gasteiger charge is 2.28. The summed E-state index contributed by atoms with van der Waals surface area (Å²) >= 11 is 0. The number of rotatable bonds is 8. The Morgan fingerprint density at radius 2 is 1.85 bits per heavy atom. The lowest BCUT2D eigenvalue weighted by molar-refractivity contribution is -0.133. The van der Waals surface area contributed by atoms with Crippen LogP contribution in [0.1, 0.15) is 58.7 Å². The average Bonchev–Trinajstić information content (AvgIpc) is 3.06. The van der Waals surface area contributed by atoms with Crippen LogP contribution < -0.4 is 4.90 Å². The third-order valence-corrected chi connectivity index (χ3v) is 6.37. The molecule has 2 aromatic rings. The lowest BCUT2D eigenvalue weighted by Crippen LogP contribution is -2.45. The van der Waals surface area contributed by atoms with Gasteiger partial charge in [-0.05, 0) is 49.9 Å². The van der Waals surface area contributed by atoms with Gasteiger partial charge < -0.3 is 14.7 Å². The van der Waals surface area contributed by atoms with E-state index in [-0.39, 0.29) is 17.1 Å². The number of hydrogen-bond donors (Lipinski definition) is 0. The number of benzene rings is 1. The van der Waals surface area contributed by atoms with E-state index in [1.165, 1.54) is 12.1 Å². The summed E-state index contributed by atoms with van der Waals surface area (Å²) in [5.74, 6) is 1.39. The molecule has 1 saturated heterocycles. The van der Waals surface area contributed by atoms with Gasteiger partial charge in [0.2, 0.25) is 5.91 Å². The highest BCUT2D eigenvalue weighted by atomic mass is 19.1. The van der Waals surface area contributed by atoms with Gasteiger partial charge in [-0.2, -0.15) is 5.10 Å². The van der Waals surface area contributed by atoms with Crippen molar-refractivity contribution in [2.24, 2.45) is 11.3 Å². The van der Waals surface area contributed by atoms with E-state index in [4.69, 9.17) is 5.10 Å². The number of piperazine rings is 1. The van der Waals surface area contributed by atoms with Crippen molar-refractivity contribution in [2.75, 3.05) is 44.7 Å². The normalized spacial score (nSPS) is 15.3. The number of nitrogens with zero attached hydrogens (tertiary/aromatic N) is 5. The standard InChI is InChI=1S/C27H42FN5O/c1-20(2)11-12-32(25(34)18-27(4,5)6)19-24-21(3)29-33(23-10-8-9-22(28)17-23)26(24)31-15-13-30(7)14-16-31/h8-10,17,20H,11-16,18-19H2,1-7H3. The number of aromatic nitrogens is 2. The van der Waals surface area contributed by atoms with Gasteiger partial charge in [0.15, 0.2) is 0 Å². The van der Waals surface area contributed by atoms with Gasteiger partial charge in [-0.15, -0.1) is 0 Å². The highest BCUT2D eigenvalue weighted by Crippen LogP contribution is 2.31. The summed E-state index contributed by atoms with van der Waals surface area (Å²) in [4.78, 5) is 20.0. The number of carbonyl (C=O) groups excluding carboxylic acids is 1. The minimum absolute atomic E-state index is 0.0752. The van der Waals surface area contributed by atoms with Gasteiger partial charge in [0.1, 0.15) is 11.6 Å². The lowest BCUT2D eigenvalue weighted by Gasteiger charge is -2.35. The number of amides is 1. The summed E-state index contributed by atoms with van der Waals surface area (Å²) in [5.41, 5.74) is 2.57. The van der Waals surface area contributed by atoms with Crippen LogP contribution in [0.25, 0.3) is 5.69 Å². The van der Waals surface area contributed by atoms with Crippen LogP contribution >= 0.6 is 0 Å². The summed E-state index contributed by atoms with van der Waals surface area (Å²) in [6.45, 7) is 17.6. The zero-order chi connectivity index (χ0) is 25.0.